The fourth-order valence-corrected chi connectivity index (χ4v) is 4.31. The molecule has 6 heteroatoms. The van der Waals surface area contributed by atoms with E-state index in [4.69, 9.17) is 14.7 Å². The minimum atomic E-state index is -0.0994. The number of thioether (sulfide) groups is 1. The van der Waals surface area contributed by atoms with Gasteiger partial charge >= 0.3 is 0 Å². The molecular formula is C27H27N3O2S. The number of carbonyl (C=O) groups is 1. The monoisotopic (exact) mass is 457 g/mol. The van der Waals surface area contributed by atoms with Gasteiger partial charge in [0.05, 0.1) is 40.2 Å². The summed E-state index contributed by atoms with van der Waals surface area (Å²) in [7, 11) is 0. The first-order chi connectivity index (χ1) is 16.0. The van der Waals surface area contributed by atoms with Gasteiger partial charge in [-0.3, -0.25) is 9.79 Å². The summed E-state index contributed by atoms with van der Waals surface area (Å²) in [5, 5.41) is 3.83. The van der Waals surface area contributed by atoms with Crippen LogP contribution in [0.4, 0.5) is 17.1 Å². The first kappa shape index (κ1) is 22.8. The number of ether oxygens (including phenoxy) is 1. The van der Waals surface area contributed by atoms with Gasteiger partial charge in [-0.25, -0.2) is 4.99 Å². The third-order valence-corrected chi connectivity index (χ3v) is 6.32. The van der Waals surface area contributed by atoms with Crippen LogP contribution in [-0.2, 0) is 4.79 Å². The molecule has 0 aromatic heterocycles. The zero-order valence-corrected chi connectivity index (χ0v) is 19.9. The number of anilines is 1. The van der Waals surface area contributed by atoms with Gasteiger partial charge in [0, 0.05) is 6.42 Å². The molecule has 0 aliphatic carbocycles. The van der Waals surface area contributed by atoms with Crippen LogP contribution in [0.2, 0.25) is 0 Å². The van der Waals surface area contributed by atoms with E-state index in [-0.39, 0.29) is 11.7 Å². The topological polar surface area (TPSA) is 63.0 Å². The highest BCUT2D eigenvalue weighted by Crippen LogP contribution is 2.36. The summed E-state index contributed by atoms with van der Waals surface area (Å²) >= 11 is 1.45. The van der Waals surface area contributed by atoms with E-state index in [2.05, 4.69) is 43.4 Å². The number of nitrogens with one attached hydrogen (secondary N) is 1. The Bertz CT molecular complexity index is 1220. The lowest BCUT2D eigenvalue weighted by Gasteiger charge is -2.11. The number of fused-ring (bicyclic) bond motifs is 1. The second kappa shape index (κ2) is 10.5. The molecule has 0 bridgehead atoms. The van der Waals surface area contributed by atoms with Crippen LogP contribution in [0, 0.1) is 13.8 Å². The van der Waals surface area contributed by atoms with Crippen molar-refractivity contribution in [2.75, 3.05) is 17.7 Å². The quantitative estimate of drug-likeness (QED) is 0.452. The number of rotatable bonds is 6. The molecule has 168 valence electrons. The maximum absolute atomic E-state index is 12.7. The summed E-state index contributed by atoms with van der Waals surface area (Å²) in [4.78, 5) is 22.6. The van der Waals surface area contributed by atoms with E-state index in [0.29, 0.717) is 24.5 Å². The van der Waals surface area contributed by atoms with Crippen LogP contribution in [-0.4, -0.2) is 29.0 Å². The smallest absolute Gasteiger partial charge is 0.234 e. The second-order valence-electron chi connectivity index (χ2n) is 7.80. The summed E-state index contributed by atoms with van der Waals surface area (Å²) in [5.74, 6) is 0.822. The van der Waals surface area contributed by atoms with Crippen molar-refractivity contribution in [1.82, 2.24) is 0 Å². The zero-order chi connectivity index (χ0) is 23.2. The normalized spacial score (nSPS) is 12.8. The largest absolute Gasteiger partial charge is 0.492 e. The highest BCUT2D eigenvalue weighted by Gasteiger charge is 2.18. The Labute approximate surface area is 199 Å². The summed E-state index contributed by atoms with van der Waals surface area (Å²) in [6, 6.07) is 21.8. The fourth-order valence-electron chi connectivity index (χ4n) is 3.53. The van der Waals surface area contributed by atoms with Crippen molar-refractivity contribution >= 4 is 45.5 Å². The third-order valence-electron chi connectivity index (χ3n) is 5.35. The van der Waals surface area contributed by atoms with E-state index < -0.39 is 0 Å². The number of benzene rings is 3. The van der Waals surface area contributed by atoms with Gasteiger partial charge in [-0.2, -0.15) is 0 Å². The van der Waals surface area contributed by atoms with Gasteiger partial charge in [-0.05, 0) is 61.7 Å². The van der Waals surface area contributed by atoms with E-state index in [1.807, 2.05) is 49.4 Å². The SMILES string of the molecule is CCOc1ccccc1NC(=O)CSC1=Nc2cc(C)c(C)cc2N=C(c2ccccc2)C1. The van der Waals surface area contributed by atoms with E-state index >= 15 is 0 Å². The van der Waals surface area contributed by atoms with Crippen molar-refractivity contribution in [3.63, 3.8) is 0 Å². The van der Waals surface area contributed by atoms with Gasteiger partial charge in [0.1, 0.15) is 5.75 Å². The van der Waals surface area contributed by atoms with Gasteiger partial charge < -0.3 is 10.1 Å². The molecule has 0 radical (unpaired) electrons. The number of aliphatic imine (C=N–C) groups is 2. The molecule has 3 aromatic carbocycles. The molecule has 3 aromatic rings. The van der Waals surface area contributed by atoms with Crippen LogP contribution in [0.3, 0.4) is 0 Å². The average molecular weight is 458 g/mol. The number of nitrogens with zero attached hydrogens (tertiary/aromatic N) is 2. The highest BCUT2D eigenvalue weighted by molar-refractivity contribution is 8.14. The molecule has 0 unspecified atom stereocenters. The Balaban J connectivity index is 1.55. The molecule has 1 aliphatic heterocycles. The second-order valence-corrected chi connectivity index (χ2v) is 8.85. The summed E-state index contributed by atoms with van der Waals surface area (Å²) < 4.78 is 5.61. The first-order valence-electron chi connectivity index (χ1n) is 11.0. The van der Waals surface area contributed by atoms with Crippen LogP contribution in [0.25, 0.3) is 0 Å². The summed E-state index contributed by atoms with van der Waals surface area (Å²) in [5.41, 5.74) is 6.75. The number of hydrogen-bond donors (Lipinski definition) is 1. The Morgan fingerprint density at radius 1 is 0.970 bits per heavy atom. The van der Waals surface area contributed by atoms with Crippen molar-refractivity contribution in [3.8, 4) is 5.75 Å². The Morgan fingerprint density at radius 3 is 2.36 bits per heavy atom. The van der Waals surface area contributed by atoms with Gasteiger partial charge in [-0.1, -0.05) is 42.5 Å². The Hall–Kier alpha value is -3.38. The molecule has 0 spiro atoms. The fraction of sp³-hybridized carbons (Fsp3) is 0.222. The van der Waals surface area contributed by atoms with E-state index in [1.165, 1.54) is 22.9 Å². The summed E-state index contributed by atoms with van der Waals surface area (Å²) in [6.07, 6.45) is 0.574. The highest BCUT2D eigenvalue weighted by atomic mass is 32.2. The molecule has 1 aliphatic rings. The maximum Gasteiger partial charge on any atom is 0.234 e. The molecule has 0 saturated carbocycles. The minimum Gasteiger partial charge on any atom is -0.492 e. The van der Waals surface area contributed by atoms with Gasteiger partial charge in [0.15, 0.2) is 0 Å². The average Bonchev–Trinajstić information content (AvgIpc) is 2.99. The van der Waals surface area contributed by atoms with Crippen LogP contribution in [0.15, 0.2) is 76.7 Å². The molecule has 0 atom stereocenters. The molecule has 33 heavy (non-hydrogen) atoms. The number of carbonyl (C=O) groups excluding carboxylic acids is 1. The number of amides is 1. The van der Waals surface area contributed by atoms with E-state index in [9.17, 15) is 4.79 Å². The first-order valence-corrected chi connectivity index (χ1v) is 12.0. The molecule has 0 fully saturated rings. The maximum atomic E-state index is 12.7. The third kappa shape index (κ3) is 5.71. The zero-order valence-electron chi connectivity index (χ0n) is 19.1. The van der Waals surface area contributed by atoms with Crippen molar-refractivity contribution in [2.24, 2.45) is 9.98 Å². The van der Waals surface area contributed by atoms with Crippen molar-refractivity contribution in [2.45, 2.75) is 27.2 Å². The molecule has 4 rings (SSSR count). The lowest BCUT2D eigenvalue weighted by molar-refractivity contribution is -0.113. The van der Waals surface area contributed by atoms with Crippen molar-refractivity contribution in [1.29, 1.82) is 0 Å². The molecule has 1 heterocycles. The van der Waals surface area contributed by atoms with Gasteiger partial charge in [-0.15, -0.1) is 11.8 Å². The molecule has 1 N–H and O–H groups in total. The minimum absolute atomic E-state index is 0.0994. The van der Waals surface area contributed by atoms with Crippen LogP contribution in [0.1, 0.15) is 30.0 Å². The number of aryl methyl sites for hydroxylation is 2. The molecule has 0 saturated heterocycles. The van der Waals surface area contributed by atoms with Crippen LogP contribution < -0.4 is 10.1 Å². The standard InChI is InChI=1S/C27H27N3O2S/c1-4-32-25-13-9-8-12-21(25)29-26(31)17-33-27-16-22(20-10-6-5-7-11-20)28-23-14-18(2)19(3)15-24(23)30-27/h5-15H,4,16-17H2,1-3H3,(H,29,31). The molecule has 5 nitrogen and oxygen atoms in total. The van der Waals surface area contributed by atoms with Crippen molar-refractivity contribution in [3.05, 3.63) is 83.4 Å². The van der Waals surface area contributed by atoms with Crippen molar-refractivity contribution < 1.29 is 9.53 Å². The summed E-state index contributed by atoms with van der Waals surface area (Å²) in [6.45, 7) is 6.62. The van der Waals surface area contributed by atoms with Gasteiger partial charge in [0.25, 0.3) is 0 Å². The Morgan fingerprint density at radius 2 is 1.64 bits per heavy atom. The van der Waals surface area contributed by atoms with Gasteiger partial charge in [0.2, 0.25) is 5.91 Å². The molecule has 1 amide bonds. The number of hydrogen-bond acceptors (Lipinski definition) is 5. The van der Waals surface area contributed by atoms with E-state index in [0.717, 1.165) is 27.7 Å². The Kier molecular flexibility index (Phi) is 7.25. The number of para-hydroxylation sites is 2. The van der Waals surface area contributed by atoms with Crippen LogP contribution >= 0.6 is 11.8 Å². The predicted octanol–water partition coefficient (Wildman–Crippen LogP) is 6.63. The predicted molar refractivity (Wildman–Crippen MR) is 139 cm³/mol. The lowest BCUT2D eigenvalue weighted by atomic mass is 10.1. The molecular weight excluding hydrogens is 430 g/mol. The van der Waals surface area contributed by atoms with Crippen LogP contribution in [0.5, 0.6) is 5.75 Å². The lowest BCUT2D eigenvalue weighted by Crippen LogP contribution is -2.17. The van der Waals surface area contributed by atoms with E-state index in [1.54, 1.807) is 0 Å².